The van der Waals surface area contributed by atoms with Crippen molar-refractivity contribution in [3.8, 4) is 0 Å². The molecule has 0 aliphatic heterocycles. The highest BCUT2D eigenvalue weighted by atomic mass is 32.1. The van der Waals surface area contributed by atoms with Crippen LogP contribution in [0, 0.1) is 0 Å². The minimum Gasteiger partial charge on any atom is -0.332 e. The second-order valence-corrected chi connectivity index (χ2v) is 5.06. The van der Waals surface area contributed by atoms with Crippen molar-refractivity contribution in [3.63, 3.8) is 0 Å². The minimum absolute atomic E-state index is 0.191. The number of thiocarbonyl (C=S) groups is 1. The summed E-state index contributed by atoms with van der Waals surface area (Å²) in [4.78, 5) is 0.686. The Morgan fingerprint density at radius 2 is 1.71 bits per heavy atom. The highest BCUT2D eigenvalue weighted by Gasteiger charge is 2.30. The highest BCUT2D eigenvalue weighted by molar-refractivity contribution is 7.81. The van der Waals surface area contributed by atoms with E-state index < -0.39 is 11.7 Å². The molecule has 7 heteroatoms. The molecule has 0 bridgehead atoms. The van der Waals surface area contributed by atoms with Crippen LogP contribution in [0.2, 0.25) is 0 Å². The lowest BCUT2D eigenvalue weighted by atomic mass is 10.2. The molecular weight excluding hydrogens is 317 g/mol. The van der Waals surface area contributed by atoms with Crippen LogP contribution >= 0.6 is 24.8 Å². The van der Waals surface area contributed by atoms with E-state index >= 15 is 0 Å². The first-order chi connectivity index (χ1) is 9.86. The highest BCUT2D eigenvalue weighted by Crippen LogP contribution is 2.30. The first kappa shape index (κ1) is 15.7. The van der Waals surface area contributed by atoms with Gasteiger partial charge in [0.05, 0.1) is 11.3 Å². The molecule has 0 fully saturated rings. The zero-order valence-electron chi connectivity index (χ0n) is 10.6. The lowest BCUT2D eigenvalue weighted by Crippen LogP contribution is -2.19. The fourth-order valence-electron chi connectivity index (χ4n) is 1.64. The molecule has 0 unspecified atom stereocenters. The third-order valence-corrected chi connectivity index (χ3v) is 3.19. The van der Waals surface area contributed by atoms with Crippen molar-refractivity contribution in [3.05, 3.63) is 54.1 Å². The summed E-state index contributed by atoms with van der Waals surface area (Å²) in [6, 6.07) is 12.0. The molecule has 21 heavy (non-hydrogen) atoms. The van der Waals surface area contributed by atoms with Gasteiger partial charge in [0, 0.05) is 10.6 Å². The van der Waals surface area contributed by atoms with Crippen molar-refractivity contribution in [2.45, 2.75) is 11.1 Å². The number of halogens is 3. The molecule has 0 heterocycles. The SMILES string of the molecule is FC(F)(F)c1cccc(NC(=S)Nc2ccccc2S)c1. The van der Waals surface area contributed by atoms with Crippen LogP contribution in [0.1, 0.15) is 5.56 Å². The van der Waals surface area contributed by atoms with Gasteiger partial charge in [0.25, 0.3) is 0 Å². The molecule has 2 aromatic rings. The molecule has 0 radical (unpaired) electrons. The van der Waals surface area contributed by atoms with Gasteiger partial charge < -0.3 is 10.6 Å². The fraction of sp³-hybridized carbons (Fsp3) is 0.0714. The molecule has 0 atom stereocenters. The van der Waals surface area contributed by atoms with Crippen LogP contribution in [0.3, 0.4) is 0 Å². The van der Waals surface area contributed by atoms with Crippen molar-refractivity contribution >= 4 is 41.3 Å². The maximum atomic E-state index is 12.6. The second-order valence-electron chi connectivity index (χ2n) is 4.17. The van der Waals surface area contributed by atoms with E-state index in [4.69, 9.17) is 12.2 Å². The summed E-state index contributed by atoms with van der Waals surface area (Å²) in [5.41, 5.74) is 0.203. The van der Waals surface area contributed by atoms with Crippen molar-refractivity contribution in [1.29, 1.82) is 0 Å². The lowest BCUT2D eigenvalue weighted by molar-refractivity contribution is -0.137. The predicted molar refractivity (Wildman–Crippen MR) is 85.0 cm³/mol. The smallest absolute Gasteiger partial charge is 0.332 e. The van der Waals surface area contributed by atoms with Gasteiger partial charge in [-0.05, 0) is 42.5 Å². The van der Waals surface area contributed by atoms with Crippen LogP contribution in [0.15, 0.2) is 53.4 Å². The second kappa shape index (κ2) is 6.36. The summed E-state index contributed by atoms with van der Waals surface area (Å²) in [6.45, 7) is 0. The summed E-state index contributed by atoms with van der Waals surface area (Å²) in [6.07, 6.45) is -4.38. The number of alkyl halides is 3. The summed E-state index contributed by atoms with van der Waals surface area (Å²) < 4.78 is 37.9. The molecule has 0 aliphatic carbocycles. The van der Waals surface area contributed by atoms with E-state index in [2.05, 4.69) is 23.3 Å². The Kier molecular flexibility index (Phi) is 4.74. The molecule has 2 nitrogen and oxygen atoms in total. The number of hydrogen-bond acceptors (Lipinski definition) is 2. The summed E-state index contributed by atoms with van der Waals surface area (Å²) in [5, 5.41) is 5.79. The monoisotopic (exact) mass is 328 g/mol. The van der Waals surface area contributed by atoms with Crippen molar-refractivity contribution in [2.75, 3.05) is 10.6 Å². The average Bonchev–Trinajstić information content (AvgIpc) is 2.41. The molecule has 110 valence electrons. The number of para-hydroxylation sites is 1. The molecule has 2 aromatic carbocycles. The first-order valence-electron chi connectivity index (χ1n) is 5.89. The standard InChI is InChI=1S/C14H11F3N2S2/c15-14(16,17)9-4-3-5-10(8-9)18-13(21)19-11-6-1-2-7-12(11)20/h1-8,20H,(H2,18,19,21). The molecule has 0 saturated heterocycles. The van der Waals surface area contributed by atoms with E-state index in [1.165, 1.54) is 12.1 Å². The zero-order valence-corrected chi connectivity index (χ0v) is 12.3. The van der Waals surface area contributed by atoms with E-state index in [1.807, 2.05) is 6.07 Å². The maximum Gasteiger partial charge on any atom is 0.416 e. The maximum absolute atomic E-state index is 12.6. The minimum atomic E-state index is -4.38. The van der Waals surface area contributed by atoms with Gasteiger partial charge in [-0.25, -0.2) is 0 Å². The Bertz CT molecular complexity index is 657. The molecule has 0 amide bonds. The first-order valence-corrected chi connectivity index (χ1v) is 6.75. The normalized spacial score (nSPS) is 11.0. The Morgan fingerprint density at radius 1 is 1.00 bits per heavy atom. The number of hydrogen-bond donors (Lipinski definition) is 3. The molecule has 2 rings (SSSR count). The zero-order chi connectivity index (χ0) is 15.5. The van der Waals surface area contributed by atoms with Gasteiger partial charge in [0.2, 0.25) is 0 Å². The molecule has 2 N–H and O–H groups in total. The lowest BCUT2D eigenvalue weighted by Gasteiger charge is -2.13. The van der Waals surface area contributed by atoms with E-state index in [1.54, 1.807) is 18.2 Å². The van der Waals surface area contributed by atoms with Gasteiger partial charge >= 0.3 is 6.18 Å². The van der Waals surface area contributed by atoms with Crippen LogP contribution in [-0.4, -0.2) is 5.11 Å². The van der Waals surface area contributed by atoms with Crippen LogP contribution in [0.25, 0.3) is 0 Å². The van der Waals surface area contributed by atoms with Gasteiger partial charge in [-0.3, -0.25) is 0 Å². The summed E-state index contributed by atoms with van der Waals surface area (Å²) >= 11 is 9.33. The molecule has 0 aromatic heterocycles. The largest absolute Gasteiger partial charge is 0.416 e. The van der Waals surface area contributed by atoms with Gasteiger partial charge in [-0.2, -0.15) is 13.2 Å². The van der Waals surface area contributed by atoms with Gasteiger partial charge in [0.15, 0.2) is 5.11 Å². The molecule has 0 spiro atoms. The van der Waals surface area contributed by atoms with Gasteiger partial charge in [-0.15, -0.1) is 12.6 Å². The third kappa shape index (κ3) is 4.37. The fourth-order valence-corrected chi connectivity index (χ4v) is 2.08. The third-order valence-electron chi connectivity index (χ3n) is 2.60. The van der Waals surface area contributed by atoms with Crippen molar-refractivity contribution in [1.82, 2.24) is 0 Å². The van der Waals surface area contributed by atoms with Crippen LogP contribution in [-0.2, 0) is 6.18 Å². The Hall–Kier alpha value is -1.73. The quantitative estimate of drug-likeness (QED) is 0.545. The molecular formula is C14H11F3N2S2. The van der Waals surface area contributed by atoms with Crippen LogP contribution < -0.4 is 10.6 Å². The Morgan fingerprint density at radius 3 is 2.38 bits per heavy atom. The van der Waals surface area contributed by atoms with E-state index in [0.717, 1.165) is 12.1 Å². The average molecular weight is 328 g/mol. The van der Waals surface area contributed by atoms with E-state index in [9.17, 15) is 13.2 Å². The number of benzene rings is 2. The number of anilines is 2. The topological polar surface area (TPSA) is 24.1 Å². The summed E-state index contributed by atoms with van der Waals surface area (Å²) in [7, 11) is 0. The van der Waals surface area contributed by atoms with Gasteiger partial charge in [0.1, 0.15) is 0 Å². The Labute approximate surface area is 130 Å². The van der Waals surface area contributed by atoms with Gasteiger partial charge in [-0.1, -0.05) is 18.2 Å². The van der Waals surface area contributed by atoms with E-state index in [0.29, 0.717) is 10.6 Å². The molecule has 0 saturated carbocycles. The number of thiol groups is 1. The predicted octanol–water partition coefficient (Wildman–Crippen LogP) is 4.80. The van der Waals surface area contributed by atoms with Crippen LogP contribution in [0.5, 0.6) is 0 Å². The summed E-state index contributed by atoms with van der Waals surface area (Å²) in [5.74, 6) is 0. The molecule has 0 aliphatic rings. The number of rotatable bonds is 2. The Balaban J connectivity index is 2.08. The van der Waals surface area contributed by atoms with E-state index in [-0.39, 0.29) is 10.8 Å². The van der Waals surface area contributed by atoms with Crippen molar-refractivity contribution in [2.24, 2.45) is 0 Å². The van der Waals surface area contributed by atoms with Crippen molar-refractivity contribution < 1.29 is 13.2 Å². The van der Waals surface area contributed by atoms with Crippen LogP contribution in [0.4, 0.5) is 24.5 Å². The number of nitrogens with one attached hydrogen (secondary N) is 2.